The average molecular weight is 299 g/mol. The Balaban J connectivity index is 2.82. The largest absolute Gasteiger partial charge is 0.418 e. The van der Waals surface area contributed by atoms with Crippen molar-refractivity contribution >= 4 is 11.6 Å². The van der Waals surface area contributed by atoms with Crippen LogP contribution in [0.5, 0.6) is 0 Å². The molecule has 0 saturated carbocycles. The third kappa shape index (κ3) is 2.68. The Morgan fingerprint density at radius 3 is 2.50 bits per heavy atom. The number of nitrogens with zero attached hydrogens (tertiary/aromatic N) is 1. The summed E-state index contributed by atoms with van der Waals surface area (Å²) < 4.78 is 38.9. The van der Waals surface area contributed by atoms with Crippen LogP contribution in [0.2, 0.25) is 5.02 Å². The zero-order valence-electron chi connectivity index (χ0n) is 9.75. The predicted octanol–water partition coefficient (Wildman–Crippen LogP) is 3.59. The van der Waals surface area contributed by atoms with Crippen LogP contribution in [-0.2, 0) is 6.18 Å². The van der Waals surface area contributed by atoms with Gasteiger partial charge in [0.25, 0.3) is 0 Å². The second kappa shape index (κ2) is 5.02. The van der Waals surface area contributed by atoms with Gasteiger partial charge in [-0.05, 0) is 18.2 Å². The second-order valence-corrected chi connectivity index (χ2v) is 4.36. The number of hydrogen-bond acceptors (Lipinski definition) is 2. The molecule has 0 aliphatic rings. The number of nitrogens with one attached hydrogen (secondary N) is 1. The molecular formula is C13H6ClF3N2O. The summed E-state index contributed by atoms with van der Waals surface area (Å²) >= 11 is 5.75. The molecule has 7 heteroatoms. The van der Waals surface area contributed by atoms with Crippen LogP contribution in [0.4, 0.5) is 13.2 Å². The smallest absolute Gasteiger partial charge is 0.328 e. The quantitative estimate of drug-likeness (QED) is 0.874. The van der Waals surface area contributed by atoms with Gasteiger partial charge in [-0.2, -0.15) is 18.4 Å². The third-order valence-corrected chi connectivity index (χ3v) is 2.86. The van der Waals surface area contributed by atoms with Gasteiger partial charge in [-0.3, -0.25) is 4.79 Å². The SMILES string of the molecule is N#Cc1ccc(Cl)cc1-c1cc(=O)[nH]cc1C(F)(F)F. The van der Waals surface area contributed by atoms with Gasteiger partial charge in [-0.15, -0.1) is 0 Å². The van der Waals surface area contributed by atoms with E-state index in [0.29, 0.717) is 6.20 Å². The van der Waals surface area contributed by atoms with Crippen LogP contribution >= 0.6 is 11.6 Å². The molecule has 0 atom stereocenters. The minimum absolute atomic E-state index is 0.00509. The van der Waals surface area contributed by atoms with E-state index in [0.717, 1.165) is 6.07 Å². The van der Waals surface area contributed by atoms with E-state index < -0.39 is 17.3 Å². The maximum atomic E-state index is 13.0. The Morgan fingerprint density at radius 1 is 1.20 bits per heavy atom. The van der Waals surface area contributed by atoms with Gasteiger partial charge >= 0.3 is 6.18 Å². The van der Waals surface area contributed by atoms with Gasteiger partial charge in [0.1, 0.15) is 0 Å². The van der Waals surface area contributed by atoms with E-state index >= 15 is 0 Å². The highest BCUT2D eigenvalue weighted by molar-refractivity contribution is 6.30. The van der Waals surface area contributed by atoms with Crippen LogP contribution in [0.1, 0.15) is 11.1 Å². The lowest BCUT2D eigenvalue weighted by atomic mass is 9.97. The first kappa shape index (κ1) is 14.2. The molecule has 0 aliphatic carbocycles. The molecule has 3 nitrogen and oxygen atoms in total. The van der Waals surface area contributed by atoms with Crippen molar-refractivity contribution in [1.82, 2.24) is 4.98 Å². The third-order valence-electron chi connectivity index (χ3n) is 2.62. The van der Waals surface area contributed by atoms with E-state index in [1.54, 1.807) is 6.07 Å². The highest BCUT2D eigenvalue weighted by Gasteiger charge is 2.34. The Hall–Kier alpha value is -2.26. The van der Waals surface area contributed by atoms with Gasteiger partial charge in [0.15, 0.2) is 0 Å². The minimum Gasteiger partial charge on any atom is -0.328 e. The zero-order chi connectivity index (χ0) is 14.9. The molecule has 1 aromatic carbocycles. The molecule has 2 aromatic rings. The van der Waals surface area contributed by atoms with E-state index in [1.165, 1.54) is 18.2 Å². The molecule has 0 fully saturated rings. The summed E-state index contributed by atoms with van der Waals surface area (Å²) in [5.74, 6) is 0. The highest BCUT2D eigenvalue weighted by atomic mass is 35.5. The Bertz CT molecular complexity index is 759. The standard InChI is InChI=1S/C13H6ClF3N2O/c14-8-2-1-7(5-18)9(3-8)10-4-12(20)19-6-11(10)13(15,16)17/h1-4,6H,(H,19,20). The highest BCUT2D eigenvalue weighted by Crippen LogP contribution is 2.37. The van der Waals surface area contributed by atoms with E-state index in [2.05, 4.69) is 0 Å². The fraction of sp³-hybridized carbons (Fsp3) is 0.0769. The first-order valence-electron chi connectivity index (χ1n) is 5.33. The van der Waals surface area contributed by atoms with Crippen LogP contribution in [0.15, 0.2) is 35.3 Å². The van der Waals surface area contributed by atoms with Crippen molar-refractivity contribution in [3.63, 3.8) is 0 Å². The van der Waals surface area contributed by atoms with Crippen molar-refractivity contribution in [2.24, 2.45) is 0 Å². The molecule has 0 unspecified atom stereocenters. The number of alkyl halides is 3. The number of halogens is 4. The number of aromatic nitrogens is 1. The van der Waals surface area contributed by atoms with Gasteiger partial charge in [0.2, 0.25) is 5.56 Å². The molecule has 0 aliphatic heterocycles. The van der Waals surface area contributed by atoms with E-state index in [-0.39, 0.29) is 21.7 Å². The first-order chi connectivity index (χ1) is 9.32. The summed E-state index contributed by atoms with van der Waals surface area (Å²) in [6.07, 6.45) is -4.08. The molecule has 0 bridgehead atoms. The minimum atomic E-state index is -4.66. The maximum absolute atomic E-state index is 13.0. The van der Waals surface area contributed by atoms with Gasteiger partial charge in [0, 0.05) is 28.4 Å². The van der Waals surface area contributed by atoms with Crippen LogP contribution in [0.25, 0.3) is 11.1 Å². The number of H-pyrrole nitrogens is 1. The molecule has 0 radical (unpaired) electrons. The maximum Gasteiger partial charge on any atom is 0.418 e. The van der Waals surface area contributed by atoms with E-state index in [4.69, 9.17) is 16.9 Å². The molecule has 20 heavy (non-hydrogen) atoms. The number of hydrogen-bond donors (Lipinski definition) is 1. The molecule has 102 valence electrons. The zero-order valence-corrected chi connectivity index (χ0v) is 10.5. The summed E-state index contributed by atoms with van der Waals surface area (Å²) in [6.45, 7) is 0. The van der Waals surface area contributed by atoms with Crippen molar-refractivity contribution < 1.29 is 13.2 Å². The molecule has 0 spiro atoms. The summed E-state index contributed by atoms with van der Waals surface area (Å²) in [5, 5.41) is 9.15. The predicted molar refractivity (Wildman–Crippen MR) is 67.2 cm³/mol. The van der Waals surface area contributed by atoms with Crippen molar-refractivity contribution in [1.29, 1.82) is 5.26 Å². The Morgan fingerprint density at radius 2 is 1.90 bits per heavy atom. The molecule has 1 N–H and O–H groups in total. The monoisotopic (exact) mass is 298 g/mol. The molecule has 2 rings (SSSR count). The number of benzene rings is 1. The number of pyridine rings is 1. The fourth-order valence-electron chi connectivity index (χ4n) is 1.77. The number of aromatic amines is 1. The van der Waals surface area contributed by atoms with E-state index in [1.807, 2.05) is 4.98 Å². The first-order valence-corrected chi connectivity index (χ1v) is 5.70. The number of rotatable bonds is 1. The lowest BCUT2D eigenvalue weighted by Gasteiger charge is -2.13. The fourth-order valence-corrected chi connectivity index (χ4v) is 1.94. The molecule has 1 aromatic heterocycles. The summed E-state index contributed by atoms with van der Waals surface area (Å²) in [6, 6.07) is 6.51. The number of nitriles is 1. The summed E-state index contributed by atoms with van der Waals surface area (Å²) in [4.78, 5) is 13.3. The average Bonchev–Trinajstić information content (AvgIpc) is 2.37. The molecular weight excluding hydrogens is 293 g/mol. The summed E-state index contributed by atoms with van der Waals surface area (Å²) in [7, 11) is 0. The second-order valence-electron chi connectivity index (χ2n) is 3.92. The van der Waals surface area contributed by atoms with Crippen LogP contribution in [0, 0.1) is 11.3 Å². The van der Waals surface area contributed by atoms with Gasteiger partial charge < -0.3 is 4.98 Å². The van der Waals surface area contributed by atoms with E-state index in [9.17, 15) is 18.0 Å². The lowest BCUT2D eigenvalue weighted by molar-refractivity contribution is -0.137. The van der Waals surface area contributed by atoms with Gasteiger partial charge in [-0.25, -0.2) is 0 Å². The van der Waals surface area contributed by atoms with Crippen molar-refractivity contribution in [3.05, 3.63) is 57.0 Å². The van der Waals surface area contributed by atoms with Crippen molar-refractivity contribution in [2.75, 3.05) is 0 Å². The van der Waals surface area contributed by atoms with Crippen molar-refractivity contribution in [3.8, 4) is 17.2 Å². The van der Waals surface area contributed by atoms with Gasteiger partial charge in [-0.1, -0.05) is 11.6 Å². The summed E-state index contributed by atoms with van der Waals surface area (Å²) in [5.41, 5.74) is -2.13. The van der Waals surface area contributed by atoms with Crippen LogP contribution in [-0.4, -0.2) is 4.98 Å². The topological polar surface area (TPSA) is 56.6 Å². The Kier molecular flexibility index (Phi) is 3.55. The van der Waals surface area contributed by atoms with Gasteiger partial charge in [0.05, 0.1) is 17.2 Å². The Labute approximate surface area is 116 Å². The van der Waals surface area contributed by atoms with Crippen molar-refractivity contribution in [2.45, 2.75) is 6.18 Å². The normalized spacial score (nSPS) is 11.2. The molecule has 0 amide bonds. The molecule has 1 heterocycles. The lowest BCUT2D eigenvalue weighted by Crippen LogP contribution is -2.13. The molecule has 0 saturated heterocycles. The van der Waals surface area contributed by atoms with Crippen LogP contribution in [0.3, 0.4) is 0 Å². The van der Waals surface area contributed by atoms with Crippen LogP contribution < -0.4 is 5.56 Å².